The number of hydrogen-bond donors (Lipinski definition) is 3. The van der Waals surface area contributed by atoms with Crippen molar-refractivity contribution < 1.29 is 47.5 Å². The number of rotatable bonds is 37. The molecule has 0 aliphatic rings. The highest BCUT2D eigenvalue weighted by Gasteiger charge is 2.28. The summed E-state index contributed by atoms with van der Waals surface area (Å²) >= 11 is 0. The molecule has 0 aromatic heterocycles. The van der Waals surface area contributed by atoms with Gasteiger partial charge in [-0.15, -0.1) is 0 Å². The van der Waals surface area contributed by atoms with E-state index < -0.39 is 51.1 Å². The molecule has 12 heteroatoms. The lowest BCUT2D eigenvalue weighted by atomic mass is 10.1. The number of hydrogen-bond acceptors (Lipinski definition) is 9. The maximum atomic E-state index is 12.6. The van der Waals surface area contributed by atoms with Crippen molar-refractivity contribution in [3.8, 4) is 0 Å². The van der Waals surface area contributed by atoms with Gasteiger partial charge >= 0.3 is 25.7 Å². The van der Waals surface area contributed by atoms with Crippen LogP contribution >= 0.6 is 7.82 Å². The Bertz CT molecular complexity index is 1150. The van der Waals surface area contributed by atoms with Crippen LogP contribution in [-0.4, -0.2) is 59.9 Å². The minimum absolute atomic E-state index is 0.137. The molecule has 4 N–H and O–H groups in total. The van der Waals surface area contributed by atoms with Gasteiger partial charge in [-0.05, 0) is 77.0 Å². The number of carbonyl (C=O) groups is 3. The molecule has 3 atom stereocenters. The number of phosphoric ester groups is 1. The normalized spacial score (nSPS) is 14.4. The molecular weight excluding hydrogens is 709 g/mol. The van der Waals surface area contributed by atoms with Crippen molar-refractivity contribution in [2.45, 2.75) is 167 Å². The van der Waals surface area contributed by atoms with E-state index in [1.165, 1.54) is 44.9 Å². The van der Waals surface area contributed by atoms with Crippen LogP contribution in [0.2, 0.25) is 0 Å². The van der Waals surface area contributed by atoms with Gasteiger partial charge in [0.15, 0.2) is 6.10 Å². The predicted octanol–water partition coefficient (Wildman–Crippen LogP) is 10.4. The summed E-state index contributed by atoms with van der Waals surface area (Å²) in [5, 5.41) is 8.87. The Balaban J connectivity index is 4.52. The summed E-state index contributed by atoms with van der Waals surface area (Å²) in [6.45, 7) is 2.67. The van der Waals surface area contributed by atoms with Gasteiger partial charge in [0, 0.05) is 12.8 Å². The molecule has 0 spiro atoms. The monoisotopic (exact) mass is 781 g/mol. The van der Waals surface area contributed by atoms with Gasteiger partial charge in [0.05, 0.1) is 13.2 Å². The zero-order valence-corrected chi connectivity index (χ0v) is 34.2. The molecule has 0 saturated heterocycles. The number of allylic oxidation sites excluding steroid dienone is 10. The maximum Gasteiger partial charge on any atom is 0.472 e. The van der Waals surface area contributed by atoms with Crippen LogP contribution in [-0.2, 0) is 37.5 Å². The first-order chi connectivity index (χ1) is 26.1. The molecule has 0 fully saturated rings. The van der Waals surface area contributed by atoms with E-state index in [1.807, 2.05) is 12.2 Å². The molecule has 0 heterocycles. The molecule has 0 aliphatic carbocycles. The van der Waals surface area contributed by atoms with Crippen molar-refractivity contribution in [2.75, 3.05) is 19.8 Å². The molecule has 0 bridgehead atoms. The van der Waals surface area contributed by atoms with Crippen LogP contribution in [0.1, 0.15) is 155 Å². The topological polar surface area (TPSA) is 172 Å². The van der Waals surface area contributed by atoms with Crippen LogP contribution < -0.4 is 5.73 Å². The Morgan fingerprint density at radius 3 is 1.57 bits per heavy atom. The van der Waals surface area contributed by atoms with Crippen LogP contribution in [0, 0.1) is 0 Å². The van der Waals surface area contributed by atoms with E-state index >= 15 is 0 Å². The highest BCUT2D eigenvalue weighted by atomic mass is 31.2. The molecule has 0 aromatic rings. The summed E-state index contributed by atoms with van der Waals surface area (Å²) in [5.74, 6) is -2.47. The Labute approximate surface area is 326 Å². The summed E-state index contributed by atoms with van der Waals surface area (Å²) in [7, 11) is -4.73. The van der Waals surface area contributed by atoms with Crippen LogP contribution in [0.25, 0.3) is 0 Å². The summed E-state index contributed by atoms with van der Waals surface area (Å²) in [6.07, 6.45) is 41.5. The zero-order chi connectivity index (χ0) is 40.0. The third-order valence-electron chi connectivity index (χ3n) is 8.24. The lowest BCUT2D eigenvalue weighted by molar-refractivity contribution is -0.161. The van der Waals surface area contributed by atoms with Crippen LogP contribution in [0.15, 0.2) is 60.8 Å². The SMILES string of the molecule is CCCCCC=CCC=CCC=CCC=CCCCC(=O)OC[C@H](COP(=O)(O)OC[C@H](N)C(=O)O)OC(=O)CCCCCCCC=CCCCCCC. The minimum atomic E-state index is -4.73. The van der Waals surface area contributed by atoms with Gasteiger partial charge in [0.25, 0.3) is 0 Å². The van der Waals surface area contributed by atoms with E-state index in [0.717, 1.165) is 64.2 Å². The van der Waals surface area contributed by atoms with Gasteiger partial charge < -0.3 is 25.2 Å². The first-order valence-corrected chi connectivity index (χ1v) is 21.8. The van der Waals surface area contributed by atoms with Crippen molar-refractivity contribution in [1.82, 2.24) is 0 Å². The van der Waals surface area contributed by atoms with E-state index in [2.05, 4.69) is 67.0 Å². The zero-order valence-electron chi connectivity index (χ0n) is 33.3. The standard InChI is InChI=1S/C42H72NO10P/c1-3-5-7-9-11-13-15-17-18-19-20-22-23-25-27-29-31-33-40(44)50-35-38(36-51-54(48,49)52-37-39(43)42(46)47)53-41(45)34-32-30-28-26-24-21-16-14-12-10-8-6-4-2/h11,13-14,16-18,20,22,25,27,38-39H,3-10,12,15,19,21,23-24,26,28-37,43H2,1-2H3,(H,46,47)(H,48,49)/t38-,39+/m1/s1. The van der Waals surface area contributed by atoms with Crippen molar-refractivity contribution in [2.24, 2.45) is 5.73 Å². The molecular formula is C42H72NO10P. The van der Waals surface area contributed by atoms with E-state index in [9.17, 15) is 23.8 Å². The lowest BCUT2D eigenvalue weighted by Gasteiger charge is -2.20. The Kier molecular flexibility index (Phi) is 35.2. The molecule has 0 radical (unpaired) electrons. The second-order valence-corrected chi connectivity index (χ2v) is 14.9. The molecule has 11 nitrogen and oxygen atoms in total. The largest absolute Gasteiger partial charge is 0.480 e. The van der Waals surface area contributed by atoms with Crippen molar-refractivity contribution in [3.05, 3.63) is 60.8 Å². The molecule has 0 amide bonds. The van der Waals surface area contributed by atoms with Gasteiger partial charge in [-0.1, -0.05) is 126 Å². The molecule has 310 valence electrons. The number of carbonyl (C=O) groups excluding carboxylic acids is 2. The van der Waals surface area contributed by atoms with Gasteiger partial charge in [0.1, 0.15) is 12.6 Å². The number of carboxylic acids is 1. The number of carboxylic acid groups (broad SMARTS) is 1. The van der Waals surface area contributed by atoms with Gasteiger partial charge in [-0.3, -0.25) is 23.4 Å². The number of ether oxygens (including phenoxy) is 2. The lowest BCUT2D eigenvalue weighted by Crippen LogP contribution is -2.34. The predicted molar refractivity (Wildman–Crippen MR) is 217 cm³/mol. The number of esters is 2. The molecule has 0 saturated carbocycles. The highest BCUT2D eigenvalue weighted by Crippen LogP contribution is 2.43. The fraction of sp³-hybridized carbons (Fsp3) is 0.690. The molecule has 0 aliphatic heterocycles. The number of nitrogens with two attached hydrogens (primary N) is 1. The third kappa shape index (κ3) is 36.2. The first kappa shape index (κ1) is 51.2. The first-order valence-electron chi connectivity index (χ1n) is 20.3. The fourth-order valence-electron chi connectivity index (χ4n) is 4.99. The molecule has 0 rings (SSSR count). The number of phosphoric acid groups is 1. The quantitative estimate of drug-likeness (QED) is 0.0237. The van der Waals surface area contributed by atoms with Crippen molar-refractivity contribution in [1.29, 1.82) is 0 Å². The van der Waals surface area contributed by atoms with Crippen LogP contribution in [0.3, 0.4) is 0 Å². The van der Waals surface area contributed by atoms with Gasteiger partial charge in [-0.2, -0.15) is 0 Å². The van der Waals surface area contributed by atoms with Crippen LogP contribution in [0.5, 0.6) is 0 Å². The van der Waals surface area contributed by atoms with Gasteiger partial charge in [-0.25, -0.2) is 4.57 Å². The summed E-state index contributed by atoms with van der Waals surface area (Å²) in [4.78, 5) is 45.8. The van der Waals surface area contributed by atoms with E-state index in [0.29, 0.717) is 19.3 Å². The second kappa shape index (κ2) is 37.1. The summed E-state index contributed by atoms with van der Waals surface area (Å²) in [5.41, 5.74) is 5.32. The van der Waals surface area contributed by atoms with Gasteiger partial charge in [0.2, 0.25) is 0 Å². The van der Waals surface area contributed by atoms with E-state index in [1.54, 1.807) is 0 Å². The fourth-order valence-corrected chi connectivity index (χ4v) is 5.77. The molecule has 54 heavy (non-hydrogen) atoms. The minimum Gasteiger partial charge on any atom is -0.480 e. The average Bonchev–Trinajstić information content (AvgIpc) is 3.14. The van der Waals surface area contributed by atoms with Crippen molar-refractivity contribution >= 4 is 25.7 Å². The average molecular weight is 782 g/mol. The van der Waals surface area contributed by atoms with E-state index in [4.69, 9.17) is 24.8 Å². The van der Waals surface area contributed by atoms with Crippen LogP contribution in [0.4, 0.5) is 0 Å². The smallest absolute Gasteiger partial charge is 0.472 e. The Hall–Kier alpha value is -2.82. The number of aliphatic carboxylic acids is 1. The van der Waals surface area contributed by atoms with Crippen molar-refractivity contribution in [3.63, 3.8) is 0 Å². The second-order valence-electron chi connectivity index (χ2n) is 13.4. The highest BCUT2D eigenvalue weighted by molar-refractivity contribution is 7.47. The summed E-state index contributed by atoms with van der Waals surface area (Å²) in [6, 6.07) is -1.53. The summed E-state index contributed by atoms with van der Waals surface area (Å²) < 4.78 is 32.5. The Morgan fingerprint density at radius 2 is 1.00 bits per heavy atom. The maximum absolute atomic E-state index is 12.6. The number of unbranched alkanes of at least 4 members (excludes halogenated alkanes) is 13. The molecule has 0 aromatic carbocycles. The third-order valence-corrected chi connectivity index (χ3v) is 9.19. The van der Waals surface area contributed by atoms with E-state index in [-0.39, 0.29) is 19.4 Å². The Morgan fingerprint density at radius 1 is 0.574 bits per heavy atom. The molecule has 1 unspecified atom stereocenters.